The number of ether oxygens (including phenoxy) is 1. The van der Waals surface area contributed by atoms with E-state index in [1.165, 1.54) is 0 Å². The molecular formula is C9H9NO4. The van der Waals surface area contributed by atoms with E-state index in [2.05, 4.69) is 5.64 Å². The molecule has 0 fully saturated rings. The number of nitrogens with one attached hydrogen (secondary N) is 1. The molecule has 1 N–H and O–H groups in total. The van der Waals surface area contributed by atoms with E-state index in [0.717, 1.165) is 0 Å². The predicted molar refractivity (Wildman–Crippen MR) is 46.8 cm³/mol. The Morgan fingerprint density at radius 1 is 1.43 bits per heavy atom. The second-order valence-electron chi connectivity index (χ2n) is 2.67. The summed E-state index contributed by atoms with van der Waals surface area (Å²) in [6.45, 7) is 2.11. The van der Waals surface area contributed by atoms with Crippen LogP contribution in [0, 0.1) is 0 Å². The Kier molecular flexibility index (Phi) is 2.24. The molecule has 0 aromatic heterocycles. The van der Waals surface area contributed by atoms with Crippen molar-refractivity contribution >= 4 is 5.97 Å². The average molecular weight is 195 g/mol. The summed E-state index contributed by atoms with van der Waals surface area (Å²) in [4.78, 5) is 21.1. The highest BCUT2D eigenvalue weighted by molar-refractivity contribution is 5.90. The number of esters is 1. The molecule has 1 aromatic carbocycles. The second-order valence-corrected chi connectivity index (χ2v) is 2.67. The maximum atomic E-state index is 11.3. The van der Waals surface area contributed by atoms with Crippen molar-refractivity contribution in [2.75, 3.05) is 6.61 Å². The largest absolute Gasteiger partial charge is 0.462 e. The molecule has 0 radical (unpaired) electrons. The lowest BCUT2D eigenvalue weighted by atomic mass is 10.2. The minimum atomic E-state index is -0.370. The number of benzene rings is 1. The van der Waals surface area contributed by atoms with Crippen molar-refractivity contribution in [1.82, 2.24) is 5.64 Å². The lowest BCUT2D eigenvalue weighted by Gasteiger charge is -2.01. The van der Waals surface area contributed by atoms with Crippen molar-refractivity contribution in [2.45, 2.75) is 6.92 Å². The van der Waals surface area contributed by atoms with E-state index < -0.39 is 0 Å². The smallest absolute Gasteiger partial charge is 0.338 e. The lowest BCUT2D eigenvalue weighted by Crippen LogP contribution is -2.14. The molecule has 0 aliphatic carbocycles. The summed E-state index contributed by atoms with van der Waals surface area (Å²) in [5, 5.41) is 0. The van der Waals surface area contributed by atoms with Crippen LogP contribution in [0.3, 0.4) is 0 Å². The molecule has 0 saturated carbocycles. The number of carbonyl (C=O) groups excluding carboxylic acids is 1. The first-order valence-electron chi connectivity index (χ1n) is 4.21. The van der Waals surface area contributed by atoms with E-state index in [4.69, 9.17) is 14.4 Å². The monoisotopic (exact) mass is 195 g/mol. The highest BCUT2D eigenvalue weighted by Crippen LogP contribution is 2.30. The van der Waals surface area contributed by atoms with Gasteiger partial charge in [0.25, 0.3) is 0 Å². The van der Waals surface area contributed by atoms with Crippen LogP contribution in [0.5, 0.6) is 11.5 Å². The summed E-state index contributed by atoms with van der Waals surface area (Å²) in [5.41, 5.74) is 2.68. The molecule has 1 aromatic rings. The van der Waals surface area contributed by atoms with Crippen molar-refractivity contribution in [3.05, 3.63) is 23.8 Å². The molecule has 1 heterocycles. The zero-order valence-electron chi connectivity index (χ0n) is 7.57. The maximum absolute atomic E-state index is 11.3. The van der Waals surface area contributed by atoms with Crippen molar-refractivity contribution in [2.24, 2.45) is 0 Å². The van der Waals surface area contributed by atoms with Gasteiger partial charge in [0.05, 0.1) is 12.2 Å². The van der Waals surface area contributed by atoms with Gasteiger partial charge in [0.1, 0.15) is 0 Å². The third-order valence-corrected chi connectivity index (χ3v) is 1.76. The molecule has 0 amide bonds. The average Bonchev–Trinajstić information content (AvgIpc) is 2.64. The maximum Gasteiger partial charge on any atom is 0.338 e. The van der Waals surface area contributed by atoms with E-state index in [0.29, 0.717) is 23.7 Å². The molecular weight excluding hydrogens is 186 g/mol. The fraction of sp³-hybridized carbons (Fsp3) is 0.222. The van der Waals surface area contributed by atoms with Gasteiger partial charge in [-0.1, -0.05) is 0 Å². The van der Waals surface area contributed by atoms with Crippen LogP contribution >= 0.6 is 0 Å². The first-order chi connectivity index (χ1) is 6.81. The summed E-state index contributed by atoms with van der Waals surface area (Å²) in [5.74, 6) is 0.666. The molecule has 1 aliphatic heterocycles. The molecule has 2 rings (SSSR count). The Hall–Kier alpha value is -1.75. The molecule has 0 unspecified atom stereocenters. The number of carbonyl (C=O) groups is 1. The number of hydrogen-bond acceptors (Lipinski definition) is 5. The van der Waals surface area contributed by atoms with Crippen LogP contribution in [-0.2, 0) is 4.74 Å². The third-order valence-electron chi connectivity index (χ3n) is 1.76. The lowest BCUT2D eigenvalue weighted by molar-refractivity contribution is 0.0258. The van der Waals surface area contributed by atoms with Gasteiger partial charge in [0, 0.05) is 11.7 Å². The Balaban J connectivity index is 2.24. The number of rotatable bonds is 2. The Bertz CT molecular complexity index is 364. The van der Waals surface area contributed by atoms with Crippen molar-refractivity contribution in [1.29, 1.82) is 0 Å². The highest BCUT2D eigenvalue weighted by Gasteiger charge is 2.17. The molecule has 14 heavy (non-hydrogen) atoms. The molecule has 0 bridgehead atoms. The van der Waals surface area contributed by atoms with Crippen LogP contribution in [0.4, 0.5) is 0 Å². The first-order valence-corrected chi connectivity index (χ1v) is 4.21. The summed E-state index contributed by atoms with van der Waals surface area (Å²) < 4.78 is 4.83. The number of hydrogen-bond donors (Lipinski definition) is 1. The second kappa shape index (κ2) is 3.55. The highest BCUT2D eigenvalue weighted by atomic mass is 16.9. The van der Waals surface area contributed by atoms with Gasteiger partial charge < -0.3 is 14.4 Å². The standard InChI is InChI=1S/C9H9NO4/c1-2-12-9(11)6-3-4-7-8(5-6)14-10-13-7/h3-5,10H,2H2,1H3. The van der Waals surface area contributed by atoms with Gasteiger partial charge in [-0.3, -0.25) is 0 Å². The third kappa shape index (κ3) is 1.49. The van der Waals surface area contributed by atoms with Crippen molar-refractivity contribution < 1.29 is 19.2 Å². The topological polar surface area (TPSA) is 56.8 Å². The minimum absolute atomic E-state index is 0.353. The van der Waals surface area contributed by atoms with Crippen LogP contribution in [0.15, 0.2) is 18.2 Å². The van der Waals surface area contributed by atoms with Gasteiger partial charge in [-0.05, 0) is 19.1 Å². The summed E-state index contributed by atoms with van der Waals surface area (Å²) in [6.07, 6.45) is 0. The van der Waals surface area contributed by atoms with Crippen molar-refractivity contribution in [3.63, 3.8) is 0 Å². The van der Waals surface area contributed by atoms with Gasteiger partial charge >= 0.3 is 5.97 Å². The SMILES string of the molecule is CCOC(=O)c1ccc2c(c1)ONO2. The van der Waals surface area contributed by atoms with E-state index in [1.54, 1.807) is 25.1 Å². The van der Waals surface area contributed by atoms with E-state index >= 15 is 0 Å². The van der Waals surface area contributed by atoms with E-state index in [9.17, 15) is 4.79 Å². The molecule has 74 valence electrons. The van der Waals surface area contributed by atoms with Crippen LogP contribution in [-0.4, -0.2) is 12.6 Å². The van der Waals surface area contributed by atoms with Crippen LogP contribution in [0.2, 0.25) is 0 Å². The van der Waals surface area contributed by atoms with Gasteiger partial charge in [0.15, 0.2) is 11.5 Å². The predicted octanol–water partition coefficient (Wildman–Crippen LogP) is 1.05. The first kappa shape index (κ1) is 8.83. The van der Waals surface area contributed by atoms with E-state index in [-0.39, 0.29) is 5.97 Å². The molecule has 1 aliphatic rings. The minimum Gasteiger partial charge on any atom is -0.462 e. The fourth-order valence-corrected chi connectivity index (χ4v) is 1.12. The summed E-state index contributed by atoms with van der Waals surface area (Å²) in [6, 6.07) is 4.82. The molecule has 5 heteroatoms. The van der Waals surface area contributed by atoms with E-state index in [1.807, 2.05) is 0 Å². The molecule has 0 spiro atoms. The van der Waals surface area contributed by atoms with Crippen LogP contribution < -0.4 is 15.3 Å². The fourth-order valence-electron chi connectivity index (χ4n) is 1.12. The van der Waals surface area contributed by atoms with Crippen LogP contribution in [0.25, 0.3) is 0 Å². The summed E-state index contributed by atoms with van der Waals surface area (Å²) in [7, 11) is 0. The van der Waals surface area contributed by atoms with Gasteiger partial charge in [0.2, 0.25) is 0 Å². The van der Waals surface area contributed by atoms with Crippen LogP contribution in [0.1, 0.15) is 17.3 Å². The normalized spacial score (nSPS) is 12.6. The zero-order valence-corrected chi connectivity index (χ0v) is 7.57. The van der Waals surface area contributed by atoms with Gasteiger partial charge in [-0.25, -0.2) is 4.79 Å². The molecule has 0 atom stereocenters. The molecule has 5 nitrogen and oxygen atoms in total. The quantitative estimate of drug-likeness (QED) is 0.715. The summed E-state index contributed by atoms with van der Waals surface area (Å²) >= 11 is 0. The zero-order chi connectivity index (χ0) is 9.97. The molecule has 0 saturated heterocycles. The Morgan fingerprint density at radius 2 is 2.21 bits per heavy atom. The van der Waals surface area contributed by atoms with Crippen molar-refractivity contribution in [3.8, 4) is 11.5 Å². The number of fused-ring (bicyclic) bond motifs is 1. The van der Waals surface area contributed by atoms with Gasteiger partial charge in [-0.2, -0.15) is 0 Å². The Labute approximate surface area is 80.5 Å². The Morgan fingerprint density at radius 3 is 3.00 bits per heavy atom. The van der Waals surface area contributed by atoms with Gasteiger partial charge in [-0.15, -0.1) is 0 Å².